The van der Waals surface area contributed by atoms with E-state index in [0.29, 0.717) is 12.8 Å². The minimum Gasteiger partial charge on any atom is -0.481 e. The second-order valence-corrected chi connectivity index (χ2v) is 5.70. The molecule has 0 aromatic carbocycles. The Morgan fingerprint density at radius 2 is 0.792 bits per heavy atom. The third-order valence-electron chi connectivity index (χ3n) is 3.40. The second kappa shape index (κ2) is 18.1. The smallest absolute Gasteiger partial charge is 0.303 e. The molecule has 0 spiro atoms. The monoisotopic (exact) mass is 346 g/mol. The normalized spacial score (nSPS) is 10.8. The van der Waals surface area contributed by atoms with Gasteiger partial charge in [0.25, 0.3) is 0 Å². The Balaban J connectivity index is 3.00. The fraction of sp³-hybridized carbons (Fsp3) is 0.875. The van der Waals surface area contributed by atoms with Crippen molar-refractivity contribution in [1.82, 2.24) is 21.3 Å². The van der Waals surface area contributed by atoms with E-state index in [1.165, 1.54) is 0 Å². The van der Waals surface area contributed by atoms with Crippen LogP contribution in [0.1, 0.15) is 38.5 Å². The van der Waals surface area contributed by atoms with Crippen molar-refractivity contribution in [2.24, 2.45) is 0 Å². The SMILES string of the molecule is O=C(O)CCCNCCNCCCCNCCNCCCC(=O)O. The second-order valence-electron chi connectivity index (χ2n) is 5.70. The van der Waals surface area contributed by atoms with E-state index in [1.54, 1.807) is 0 Å². The molecule has 0 aromatic rings. The van der Waals surface area contributed by atoms with Crippen LogP contribution < -0.4 is 21.3 Å². The standard InChI is InChI=1S/C16H34N4O4/c21-15(22)5-3-9-19-13-11-17-7-1-2-8-18-12-14-20-10-4-6-16(23)24/h17-20H,1-14H2,(H,21,22)(H,23,24). The van der Waals surface area contributed by atoms with Crippen molar-refractivity contribution >= 4 is 11.9 Å². The molecule has 0 fully saturated rings. The fourth-order valence-electron chi connectivity index (χ4n) is 2.08. The first-order chi connectivity index (χ1) is 11.6. The fourth-order valence-corrected chi connectivity index (χ4v) is 2.08. The summed E-state index contributed by atoms with van der Waals surface area (Å²) in [7, 11) is 0. The van der Waals surface area contributed by atoms with Crippen LogP contribution in [0.15, 0.2) is 0 Å². The van der Waals surface area contributed by atoms with Gasteiger partial charge in [0.2, 0.25) is 0 Å². The van der Waals surface area contributed by atoms with E-state index < -0.39 is 11.9 Å². The van der Waals surface area contributed by atoms with Gasteiger partial charge in [-0.2, -0.15) is 0 Å². The number of carboxylic acid groups (broad SMARTS) is 2. The first kappa shape index (κ1) is 22.8. The zero-order valence-corrected chi connectivity index (χ0v) is 14.6. The molecule has 0 atom stereocenters. The minimum atomic E-state index is -0.738. The van der Waals surface area contributed by atoms with Crippen molar-refractivity contribution in [2.45, 2.75) is 38.5 Å². The summed E-state index contributed by atoms with van der Waals surface area (Å²) in [6, 6.07) is 0. The molecule has 0 amide bonds. The Hall–Kier alpha value is -1.22. The highest BCUT2D eigenvalue weighted by Gasteiger charge is 1.96. The molecule has 0 aliphatic rings. The molecule has 0 radical (unpaired) electrons. The average molecular weight is 346 g/mol. The van der Waals surface area contributed by atoms with Gasteiger partial charge in [0.15, 0.2) is 0 Å². The summed E-state index contributed by atoms with van der Waals surface area (Å²) in [4.78, 5) is 20.6. The average Bonchev–Trinajstić information content (AvgIpc) is 2.53. The van der Waals surface area contributed by atoms with Crippen LogP contribution in [-0.2, 0) is 9.59 Å². The topological polar surface area (TPSA) is 123 Å². The first-order valence-corrected chi connectivity index (χ1v) is 8.89. The molecule has 0 saturated carbocycles. The predicted molar refractivity (Wildman–Crippen MR) is 94.5 cm³/mol. The third kappa shape index (κ3) is 20.8. The molecular formula is C16H34N4O4. The lowest BCUT2D eigenvalue weighted by molar-refractivity contribution is -0.138. The molecule has 8 nitrogen and oxygen atoms in total. The molecule has 0 heterocycles. The van der Waals surface area contributed by atoms with Crippen molar-refractivity contribution in [1.29, 1.82) is 0 Å². The Labute approximate surface area is 144 Å². The number of nitrogens with one attached hydrogen (secondary N) is 4. The summed E-state index contributed by atoms with van der Waals surface area (Å²) < 4.78 is 0. The van der Waals surface area contributed by atoms with Crippen LogP contribution in [-0.4, -0.2) is 74.5 Å². The molecule has 0 aromatic heterocycles. The van der Waals surface area contributed by atoms with E-state index >= 15 is 0 Å². The van der Waals surface area contributed by atoms with Gasteiger partial charge in [-0.1, -0.05) is 0 Å². The van der Waals surface area contributed by atoms with Crippen molar-refractivity contribution in [3.05, 3.63) is 0 Å². The lowest BCUT2D eigenvalue weighted by Crippen LogP contribution is -2.30. The summed E-state index contributed by atoms with van der Waals surface area (Å²) in [6.45, 7) is 7.03. The first-order valence-electron chi connectivity index (χ1n) is 8.89. The summed E-state index contributed by atoms with van der Waals surface area (Å²) in [6.07, 6.45) is 4.05. The number of carboxylic acids is 2. The third-order valence-corrected chi connectivity index (χ3v) is 3.40. The lowest BCUT2D eigenvalue weighted by Gasteiger charge is -2.07. The van der Waals surface area contributed by atoms with Gasteiger partial charge in [-0.15, -0.1) is 0 Å². The van der Waals surface area contributed by atoms with E-state index in [1.807, 2.05) is 0 Å². The van der Waals surface area contributed by atoms with Crippen LogP contribution in [0, 0.1) is 0 Å². The number of hydrogen-bond acceptors (Lipinski definition) is 6. The van der Waals surface area contributed by atoms with Crippen molar-refractivity contribution in [2.75, 3.05) is 52.4 Å². The predicted octanol–water partition coefficient (Wildman–Crippen LogP) is -0.145. The highest BCUT2D eigenvalue weighted by atomic mass is 16.4. The molecule has 0 rings (SSSR count). The Bertz CT molecular complexity index is 286. The molecule has 142 valence electrons. The summed E-state index contributed by atoms with van der Waals surface area (Å²) >= 11 is 0. The molecule has 0 saturated heterocycles. The maximum absolute atomic E-state index is 10.3. The van der Waals surface area contributed by atoms with Gasteiger partial charge in [0.05, 0.1) is 0 Å². The quantitative estimate of drug-likeness (QED) is 0.179. The lowest BCUT2D eigenvalue weighted by atomic mass is 10.3. The van der Waals surface area contributed by atoms with Crippen LogP contribution in [0.5, 0.6) is 0 Å². The van der Waals surface area contributed by atoms with Crippen LogP contribution in [0.2, 0.25) is 0 Å². The van der Waals surface area contributed by atoms with Crippen LogP contribution >= 0.6 is 0 Å². The maximum atomic E-state index is 10.3. The van der Waals surface area contributed by atoms with Gasteiger partial charge in [-0.3, -0.25) is 9.59 Å². The van der Waals surface area contributed by atoms with Crippen LogP contribution in [0.4, 0.5) is 0 Å². The molecule has 8 heteroatoms. The number of aliphatic carboxylic acids is 2. The molecule has 0 unspecified atom stereocenters. The van der Waals surface area contributed by atoms with Crippen LogP contribution in [0.25, 0.3) is 0 Å². The van der Waals surface area contributed by atoms with Gasteiger partial charge >= 0.3 is 11.9 Å². The zero-order chi connectivity index (χ0) is 17.9. The highest BCUT2D eigenvalue weighted by Crippen LogP contribution is 1.87. The summed E-state index contributed by atoms with van der Waals surface area (Å²) in [5, 5.41) is 30.1. The van der Waals surface area contributed by atoms with E-state index in [4.69, 9.17) is 10.2 Å². The Kier molecular flexibility index (Phi) is 17.2. The number of rotatable bonds is 19. The van der Waals surface area contributed by atoms with Crippen molar-refractivity contribution in [3.63, 3.8) is 0 Å². The summed E-state index contributed by atoms with van der Waals surface area (Å²) in [5.74, 6) is -1.48. The minimum absolute atomic E-state index is 0.227. The molecule has 0 aliphatic carbocycles. The number of hydrogen-bond donors (Lipinski definition) is 6. The van der Waals surface area contributed by atoms with Crippen molar-refractivity contribution in [3.8, 4) is 0 Å². The van der Waals surface area contributed by atoms with E-state index in [2.05, 4.69) is 21.3 Å². The zero-order valence-electron chi connectivity index (χ0n) is 14.6. The van der Waals surface area contributed by atoms with Gasteiger partial charge in [0.1, 0.15) is 0 Å². The van der Waals surface area contributed by atoms with Gasteiger partial charge in [0, 0.05) is 39.0 Å². The van der Waals surface area contributed by atoms with Crippen LogP contribution in [0.3, 0.4) is 0 Å². The van der Waals surface area contributed by atoms with Crippen molar-refractivity contribution < 1.29 is 19.8 Å². The largest absolute Gasteiger partial charge is 0.481 e. The number of unbranched alkanes of at least 4 members (excludes halogenated alkanes) is 1. The Morgan fingerprint density at radius 3 is 1.08 bits per heavy atom. The van der Waals surface area contributed by atoms with Gasteiger partial charge in [-0.25, -0.2) is 0 Å². The van der Waals surface area contributed by atoms with E-state index in [-0.39, 0.29) is 12.8 Å². The molecule has 0 aliphatic heterocycles. The Morgan fingerprint density at radius 1 is 0.500 bits per heavy atom. The van der Waals surface area contributed by atoms with Gasteiger partial charge < -0.3 is 31.5 Å². The van der Waals surface area contributed by atoms with Gasteiger partial charge in [-0.05, 0) is 51.9 Å². The molecule has 0 bridgehead atoms. The molecular weight excluding hydrogens is 312 g/mol. The number of carbonyl (C=O) groups is 2. The maximum Gasteiger partial charge on any atom is 0.303 e. The highest BCUT2D eigenvalue weighted by molar-refractivity contribution is 5.66. The van der Waals surface area contributed by atoms with E-state index in [0.717, 1.165) is 65.2 Å². The molecule has 6 N–H and O–H groups in total. The summed E-state index contributed by atoms with van der Waals surface area (Å²) in [5.41, 5.74) is 0. The molecule has 24 heavy (non-hydrogen) atoms. The van der Waals surface area contributed by atoms with E-state index in [9.17, 15) is 9.59 Å².